The van der Waals surface area contributed by atoms with E-state index in [-0.39, 0.29) is 22.7 Å². The molecule has 0 saturated carbocycles. The van der Waals surface area contributed by atoms with E-state index in [1.807, 2.05) is 6.92 Å². The first-order valence-corrected chi connectivity index (χ1v) is 5.74. The van der Waals surface area contributed by atoms with E-state index in [0.29, 0.717) is 6.61 Å². The monoisotopic (exact) mass is 214 g/mol. The summed E-state index contributed by atoms with van der Waals surface area (Å²) in [6.45, 7) is 15.1. The summed E-state index contributed by atoms with van der Waals surface area (Å²) in [6, 6.07) is 0. The molecule has 0 aromatic carbocycles. The van der Waals surface area contributed by atoms with Crippen molar-refractivity contribution in [1.29, 1.82) is 0 Å². The molecule has 0 fully saturated rings. The van der Waals surface area contributed by atoms with Gasteiger partial charge in [0.05, 0.1) is 12.5 Å². The van der Waals surface area contributed by atoms with Crippen LogP contribution in [0.5, 0.6) is 0 Å². The van der Waals surface area contributed by atoms with Gasteiger partial charge < -0.3 is 4.74 Å². The van der Waals surface area contributed by atoms with Crippen molar-refractivity contribution in [1.82, 2.24) is 0 Å². The van der Waals surface area contributed by atoms with Gasteiger partial charge in [0.2, 0.25) is 0 Å². The van der Waals surface area contributed by atoms with Crippen molar-refractivity contribution < 1.29 is 9.53 Å². The molecule has 0 aliphatic heterocycles. The SMILES string of the molecule is CCOC(=O)[C@@H](CC(C)(C)C)C(C)(C)C. The highest BCUT2D eigenvalue weighted by Gasteiger charge is 2.35. The lowest BCUT2D eigenvalue weighted by Gasteiger charge is -2.33. The third-order valence-electron chi connectivity index (χ3n) is 2.43. The summed E-state index contributed by atoms with van der Waals surface area (Å²) < 4.78 is 5.14. The third-order valence-corrected chi connectivity index (χ3v) is 2.43. The molecule has 0 saturated heterocycles. The lowest BCUT2D eigenvalue weighted by atomic mass is 9.72. The van der Waals surface area contributed by atoms with E-state index in [1.54, 1.807) is 0 Å². The number of hydrogen-bond donors (Lipinski definition) is 0. The van der Waals surface area contributed by atoms with E-state index < -0.39 is 0 Å². The van der Waals surface area contributed by atoms with Crippen LogP contribution in [0.2, 0.25) is 0 Å². The Kier molecular flexibility index (Phi) is 4.82. The Morgan fingerprint density at radius 3 is 1.87 bits per heavy atom. The maximum absolute atomic E-state index is 11.8. The summed E-state index contributed by atoms with van der Waals surface area (Å²) >= 11 is 0. The van der Waals surface area contributed by atoms with Gasteiger partial charge in [0.1, 0.15) is 0 Å². The molecule has 0 bridgehead atoms. The molecule has 0 aliphatic carbocycles. The van der Waals surface area contributed by atoms with Crippen LogP contribution in [-0.2, 0) is 9.53 Å². The quantitative estimate of drug-likeness (QED) is 0.670. The minimum atomic E-state index is -0.0556. The average molecular weight is 214 g/mol. The van der Waals surface area contributed by atoms with Crippen molar-refractivity contribution in [2.45, 2.75) is 54.9 Å². The zero-order valence-corrected chi connectivity index (χ0v) is 11.3. The molecule has 2 heteroatoms. The van der Waals surface area contributed by atoms with E-state index in [0.717, 1.165) is 6.42 Å². The standard InChI is InChI=1S/C13H26O2/c1-8-15-11(14)10(13(5,6)7)9-12(2,3)4/h10H,8-9H2,1-7H3/t10-/m1/s1. The van der Waals surface area contributed by atoms with Crippen molar-refractivity contribution >= 4 is 5.97 Å². The second kappa shape index (κ2) is 5.00. The molecule has 1 atom stereocenters. The lowest BCUT2D eigenvalue weighted by molar-refractivity contribution is -0.153. The number of rotatable bonds is 3. The fourth-order valence-electron chi connectivity index (χ4n) is 1.60. The summed E-state index contributed by atoms with van der Waals surface area (Å²) in [7, 11) is 0. The first kappa shape index (κ1) is 14.5. The van der Waals surface area contributed by atoms with Gasteiger partial charge in [-0.2, -0.15) is 0 Å². The van der Waals surface area contributed by atoms with Gasteiger partial charge in [-0.3, -0.25) is 4.79 Å². The van der Waals surface area contributed by atoms with E-state index in [1.165, 1.54) is 0 Å². The fourth-order valence-corrected chi connectivity index (χ4v) is 1.60. The van der Waals surface area contributed by atoms with Gasteiger partial charge in [-0.15, -0.1) is 0 Å². The van der Waals surface area contributed by atoms with Crippen LogP contribution in [0, 0.1) is 16.7 Å². The molecule has 0 rings (SSSR count). The minimum absolute atomic E-state index is 0.0163. The first-order chi connectivity index (χ1) is 6.58. The normalized spacial score (nSPS) is 14.9. The summed E-state index contributed by atoms with van der Waals surface area (Å²) in [5.41, 5.74) is 0.129. The highest BCUT2D eigenvalue weighted by molar-refractivity contribution is 5.73. The van der Waals surface area contributed by atoms with Crippen LogP contribution in [0.25, 0.3) is 0 Å². The number of esters is 1. The molecule has 0 aliphatic rings. The first-order valence-electron chi connectivity index (χ1n) is 5.74. The Morgan fingerprint density at radius 2 is 1.60 bits per heavy atom. The van der Waals surface area contributed by atoms with Crippen LogP contribution in [0.15, 0.2) is 0 Å². The van der Waals surface area contributed by atoms with E-state index in [9.17, 15) is 4.79 Å². The van der Waals surface area contributed by atoms with Crippen molar-refractivity contribution in [2.75, 3.05) is 6.61 Å². The average Bonchev–Trinajstić information content (AvgIpc) is 1.97. The molecule has 0 N–H and O–H groups in total. The Balaban J connectivity index is 4.68. The van der Waals surface area contributed by atoms with Crippen molar-refractivity contribution in [3.63, 3.8) is 0 Å². The van der Waals surface area contributed by atoms with Crippen LogP contribution in [-0.4, -0.2) is 12.6 Å². The Hall–Kier alpha value is -0.530. The number of carbonyl (C=O) groups excluding carboxylic acids is 1. The zero-order chi connectivity index (χ0) is 12.3. The Morgan fingerprint density at radius 1 is 1.13 bits per heavy atom. The van der Waals surface area contributed by atoms with Crippen LogP contribution in [0.1, 0.15) is 54.9 Å². The number of hydrogen-bond acceptors (Lipinski definition) is 2. The third kappa shape index (κ3) is 5.81. The molecule has 0 aromatic heterocycles. The summed E-state index contributed by atoms with van der Waals surface area (Å²) in [6.07, 6.45) is 0.870. The molecular weight excluding hydrogens is 188 g/mol. The summed E-state index contributed by atoms with van der Waals surface area (Å²) in [5, 5.41) is 0. The molecule has 0 unspecified atom stereocenters. The maximum atomic E-state index is 11.8. The lowest BCUT2D eigenvalue weighted by Crippen LogP contribution is -2.33. The van der Waals surface area contributed by atoms with Crippen molar-refractivity contribution in [2.24, 2.45) is 16.7 Å². The molecule has 0 aromatic rings. The number of ether oxygens (including phenoxy) is 1. The Bertz CT molecular complexity index is 206. The van der Waals surface area contributed by atoms with Gasteiger partial charge >= 0.3 is 5.97 Å². The van der Waals surface area contributed by atoms with Gasteiger partial charge in [-0.05, 0) is 24.2 Å². The molecule has 0 spiro atoms. The van der Waals surface area contributed by atoms with Crippen LogP contribution in [0.4, 0.5) is 0 Å². The van der Waals surface area contributed by atoms with Crippen molar-refractivity contribution in [3.8, 4) is 0 Å². The molecule has 90 valence electrons. The maximum Gasteiger partial charge on any atom is 0.309 e. The van der Waals surface area contributed by atoms with Gasteiger partial charge in [0, 0.05) is 0 Å². The van der Waals surface area contributed by atoms with Gasteiger partial charge in [-0.25, -0.2) is 0 Å². The zero-order valence-electron chi connectivity index (χ0n) is 11.3. The van der Waals surface area contributed by atoms with E-state index >= 15 is 0 Å². The van der Waals surface area contributed by atoms with Gasteiger partial charge in [0.25, 0.3) is 0 Å². The second-order valence-corrected chi connectivity index (χ2v) is 6.44. The van der Waals surface area contributed by atoms with E-state index in [2.05, 4.69) is 41.5 Å². The van der Waals surface area contributed by atoms with Gasteiger partial charge in [0.15, 0.2) is 0 Å². The summed E-state index contributed by atoms with van der Waals surface area (Å²) in [4.78, 5) is 11.8. The van der Waals surface area contributed by atoms with Crippen LogP contribution in [0.3, 0.4) is 0 Å². The second-order valence-electron chi connectivity index (χ2n) is 6.44. The smallest absolute Gasteiger partial charge is 0.309 e. The number of carbonyl (C=O) groups is 1. The van der Waals surface area contributed by atoms with Crippen molar-refractivity contribution in [3.05, 3.63) is 0 Å². The molecule has 0 amide bonds. The van der Waals surface area contributed by atoms with Crippen LogP contribution < -0.4 is 0 Å². The molecule has 0 radical (unpaired) electrons. The molecule has 0 heterocycles. The highest BCUT2D eigenvalue weighted by Crippen LogP contribution is 2.36. The van der Waals surface area contributed by atoms with Crippen LogP contribution >= 0.6 is 0 Å². The van der Waals surface area contributed by atoms with Gasteiger partial charge in [-0.1, -0.05) is 41.5 Å². The largest absolute Gasteiger partial charge is 0.466 e. The predicted octanol–water partition coefficient (Wildman–Crippen LogP) is 3.65. The molecular formula is C13H26O2. The Labute approximate surface area is 94.4 Å². The fraction of sp³-hybridized carbons (Fsp3) is 0.923. The van der Waals surface area contributed by atoms with E-state index in [4.69, 9.17) is 4.74 Å². The topological polar surface area (TPSA) is 26.3 Å². The molecule has 15 heavy (non-hydrogen) atoms. The minimum Gasteiger partial charge on any atom is -0.466 e. The summed E-state index contributed by atoms with van der Waals surface area (Å²) in [5.74, 6) is -0.0719. The predicted molar refractivity (Wildman–Crippen MR) is 63.7 cm³/mol. The molecule has 2 nitrogen and oxygen atoms in total. The highest BCUT2D eigenvalue weighted by atomic mass is 16.5.